The van der Waals surface area contributed by atoms with Gasteiger partial charge in [0.25, 0.3) is 0 Å². The molecule has 0 aromatic rings. The summed E-state index contributed by atoms with van der Waals surface area (Å²) in [4.78, 5) is 27.9. The first-order chi connectivity index (χ1) is 9.08. The van der Waals surface area contributed by atoms with E-state index in [1.807, 2.05) is 7.05 Å². The van der Waals surface area contributed by atoms with Gasteiger partial charge in [-0.05, 0) is 25.8 Å². The second-order valence-electron chi connectivity index (χ2n) is 5.94. The van der Waals surface area contributed by atoms with Gasteiger partial charge in [0.15, 0.2) is 0 Å². The second kappa shape index (κ2) is 6.37. The van der Waals surface area contributed by atoms with Crippen LogP contribution in [0.3, 0.4) is 0 Å². The summed E-state index contributed by atoms with van der Waals surface area (Å²) < 4.78 is 0. The number of rotatable bonds is 1. The zero-order chi connectivity index (χ0) is 13.8. The van der Waals surface area contributed by atoms with Gasteiger partial charge >= 0.3 is 11.8 Å². The highest BCUT2D eigenvalue weighted by Crippen LogP contribution is 2.23. The van der Waals surface area contributed by atoms with E-state index in [4.69, 9.17) is 0 Å². The summed E-state index contributed by atoms with van der Waals surface area (Å²) in [6.45, 7) is 5.16. The Morgan fingerprint density at radius 3 is 2.32 bits per heavy atom. The Morgan fingerprint density at radius 1 is 1.05 bits per heavy atom. The van der Waals surface area contributed by atoms with E-state index in [0.29, 0.717) is 19.0 Å². The maximum Gasteiger partial charge on any atom is 0.311 e. The third-order valence-corrected chi connectivity index (χ3v) is 4.41. The predicted molar refractivity (Wildman–Crippen MR) is 73.6 cm³/mol. The smallest absolute Gasteiger partial charge is 0.311 e. The molecule has 0 bridgehead atoms. The minimum Gasteiger partial charge on any atom is -0.345 e. The minimum absolute atomic E-state index is 0.178. The second-order valence-corrected chi connectivity index (χ2v) is 5.94. The third kappa shape index (κ3) is 3.69. The molecule has 1 saturated heterocycles. The molecule has 1 saturated carbocycles. The fourth-order valence-corrected chi connectivity index (χ4v) is 2.91. The van der Waals surface area contributed by atoms with Crippen LogP contribution >= 0.6 is 0 Å². The molecule has 5 heteroatoms. The van der Waals surface area contributed by atoms with Crippen molar-refractivity contribution in [2.24, 2.45) is 5.92 Å². The maximum absolute atomic E-state index is 12.1. The first-order valence-corrected chi connectivity index (χ1v) is 7.36. The number of piperazine rings is 1. The normalized spacial score (nSPS) is 29.1. The van der Waals surface area contributed by atoms with E-state index in [9.17, 15) is 9.59 Å². The van der Waals surface area contributed by atoms with Gasteiger partial charge in [0.05, 0.1) is 0 Å². The number of nitrogens with zero attached hydrogens (tertiary/aromatic N) is 2. The van der Waals surface area contributed by atoms with Gasteiger partial charge < -0.3 is 15.1 Å². The third-order valence-electron chi connectivity index (χ3n) is 4.41. The number of hydrogen-bond acceptors (Lipinski definition) is 3. The van der Waals surface area contributed by atoms with Crippen molar-refractivity contribution in [1.29, 1.82) is 0 Å². The number of amides is 2. The highest BCUT2D eigenvalue weighted by molar-refractivity contribution is 6.35. The van der Waals surface area contributed by atoms with E-state index in [2.05, 4.69) is 17.1 Å². The van der Waals surface area contributed by atoms with Crippen molar-refractivity contribution < 1.29 is 9.59 Å². The van der Waals surface area contributed by atoms with Crippen LogP contribution < -0.4 is 5.32 Å². The minimum atomic E-state index is -0.414. The van der Waals surface area contributed by atoms with Crippen LogP contribution in [0.15, 0.2) is 0 Å². The van der Waals surface area contributed by atoms with Gasteiger partial charge in [-0.25, -0.2) is 0 Å². The fourth-order valence-electron chi connectivity index (χ4n) is 2.91. The summed E-state index contributed by atoms with van der Waals surface area (Å²) in [7, 11) is 2.03. The maximum atomic E-state index is 12.1. The first kappa shape index (κ1) is 14.3. The average molecular weight is 267 g/mol. The summed E-state index contributed by atoms with van der Waals surface area (Å²) in [5, 5.41) is 2.93. The first-order valence-electron chi connectivity index (χ1n) is 7.36. The molecule has 1 aliphatic heterocycles. The Hall–Kier alpha value is -1.10. The summed E-state index contributed by atoms with van der Waals surface area (Å²) in [6, 6.07) is 0.178. The van der Waals surface area contributed by atoms with Gasteiger partial charge in [0.1, 0.15) is 0 Å². The number of hydrogen-bond donors (Lipinski definition) is 1. The van der Waals surface area contributed by atoms with Crippen LogP contribution in [0.25, 0.3) is 0 Å². The lowest BCUT2D eigenvalue weighted by Gasteiger charge is -2.33. The zero-order valence-electron chi connectivity index (χ0n) is 12.0. The number of nitrogens with one attached hydrogen (secondary N) is 1. The predicted octanol–water partition coefficient (Wildman–Crippen LogP) is 0.455. The standard InChI is InChI=1S/C14H25N3O2/c1-11-5-3-4-6-12(11)15-13(18)14(19)17-9-7-16(2)8-10-17/h11-12H,3-10H2,1-2H3,(H,15,18). The summed E-state index contributed by atoms with van der Waals surface area (Å²) >= 11 is 0. The molecule has 1 aliphatic carbocycles. The van der Waals surface area contributed by atoms with Crippen molar-refractivity contribution in [3.05, 3.63) is 0 Å². The van der Waals surface area contributed by atoms with Gasteiger partial charge in [-0.1, -0.05) is 19.8 Å². The summed E-state index contributed by atoms with van der Waals surface area (Å²) in [6.07, 6.45) is 4.54. The number of likely N-dealkylation sites (N-methyl/N-ethyl adjacent to an activating group) is 1. The molecule has 0 radical (unpaired) electrons. The van der Waals surface area contributed by atoms with Crippen LogP contribution in [0.1, 0.15) is 32.6 Å². The van der Waals surface area contributed by atoms with Gasteiger partial charge in [-0.3, -0.25) is 9.59 Å². The quantitative estimate of drug-likeness (QED) is 0.702. The molecule has 2 fully saturated rings. The lowest BCUT2D eigenvalue weighted by Crippen LogP contribution is -2.53. The van der Waals surface area contributed by atoms with E-state index in [1.54, 1.807) is 4.90 Å². The van der Waals surface area contributed by atoms with Crippen molar-refractivity contribution in [3.63, 3.8) is 0 Å². The van der Waals surface area contributed by atoms with E-state index < -0.39 is 5.91 Å². The molecule has 2 rings (SSSR count). The van der Waals surface area contributed by atoms with Crippen molar-refractivity contribution >= 4 is 11.8 Å². The lowest BCUT2D eigenvalue weighted by molar-refractivity contribution is -0.147. The molecule has 5 nitrogen and oxygen atoms in total. The van der Waals surface area contributed by atoms with Crippen molar-refractivity contribution in [1.82, 2.24) is 15.1 Å². The zero-order valence-corrected chi connectivity index (χ0v) is 12.0. The molecule has 2 unspecified atom stereocenters. The molecule has 108 valence electrons. The summed E-state index contributed by atoms with van der Waals surface area (Å²) in [5.41, 5.74) is 0. The van der Waals surface area contributed by atoms with E-state index in [1.165, 1.54) is 6.42 Å². The Morgan fingerprint density at radius 2 is 1.68 bits per heavy atom. The van der Waals surface area contributed by atoms with Crippen LogP contribution in [0.2, 0.25) is 0 Å². The highest BCUT2D eigenvalue weighted by Gasteiger charge is 2.29. The molecular weight excluding hydrogens is 242 g/mol. The van der Waals surface area contributed by atoms with Gasteiger partial charge in [0, 0.05) is 32.2 Å². The fraction of sp³-hybridized carbons (Fsp3) is 0.857. The SMILES string of the molecule is CC1CCCCC1NC(=O)C(=O)N1CCN(C)CC1. The number of carbonyl (C=O) groups is 2. The molecule has 0 aromatic carbocycles. The molecule has 2 aliphatic rings. The Kier molecular flexibility index (Phi) is 4.80. The molecule has 0 aromatic heterocycles. The lowest BCUT2D eigenvalue weighted by atomic mass is 9.86. The van der Waals surface area contributed by atoms with Crippen LogP contribution in [0.5, 0.6) is 0 Å². The highest BCUT2D eigenvalue weighted by atomic mass is 16.2. The Labute approximate surface area is 115 Å². The average Bonchev–Trinajstić information content (AvgIpc) is 2.41. The molecule has 19 heavy (non-hydrogen) atoms. The van der Waals surface area contributed by atoms with Crippen molar-refractivity contribution in [2.75, 3.05) is 33.2 Å². The van der Waals surface area contributed by atoms with Crippen LogP contribution in [-0.2, 0) is 9.59 Å². The van der Waals surface area contributed by atoms with Crippen LogP contribution in [-0.4, -0.2) is 60.9 Å². The van der Waals surface area contributed by atoms with Crippen LogP contribution in [0.4, 0.5) is 0 Å². The molecule has 1 N–H and O–H groups in total. The number of carbonyl (C=O) groups excluding carboxylic acids is 2. The van der Waals surface area contributed by atoms with Crippen LogP contribution in [0, 0.1) is 5.92 Å². The van der Waals surface area contributed by atoms with E-state index >= 15 is 0 Å². The molecule has 2 amide bonds. The molecule has 1 heterocycles. The monoisotopic (exact) mass is 267 g/mol. The Balaban J connectivity index is 1.83. The molecular formula is C14H25N3O2. The molecule has 2 atom stereocenters. The Bertz CT molecular complexity index is 338. The van der Waals surface area contributed by atoms with Crippen molar-refractivity contribution in [2.45, 2.75) is 38.6 Å². The summed E-state index contributed by atoms with van der Waals surface area (Å²) in [5.74, 6) is -0.285. The molecule has 0 spiro atoms. The van der Waals surface area contributed by atoms with Gasteiger partial charge in [-0.2, -0.15) is 0 Å². The van der Waals surface area contributed by atoms with Gasteiger partial charge in [0.2, 0.25) is 0 Å². The van der Waals surface area contributed by atoms with E-state index in [-0.39, 0.29) is 11.9 Å². The van der Waals surface area contributed by atoms with E-state index in [0.717, 1.165) is 32.4 Å². The largest absolute Gasteiger partial charge is 0.345 e. The topological polar surface area (TPSA) is 52.7 Å². The van der Waals surface area contributed by atoms with Gasteiger partial charge in [-0.15, -0.1) is 0 Å². The van der Waals surface area contributed by atoms with Crippen molar-refractivity contribution in [3.8, 4) is 0 Å².